The summed E-state index contributed by atoms with van der Waals surface area (Å²) in [4.78, 5) is 8.10. The van der Waals surface area contributed by atoms with Crippen LogP contribution in [0.2, 0.25) is 10.0 Å². The van der Waals surface area contributed by atoms with Crippen molar-refractivity contribution in [3.8, 4) is 11.3 Å². The molecule has 3 nitrogen and oxygen atoms in total. The number of hydrogen-bond donors (Lipinski definition) is 2. The number of benzene rings is 2. The van der Waals surface area contributed by atoms with Crippen molar-refractivity contribution in [2.45, 2.75) is 19.3 Å². The Labute approximate surface area is 162 Å². The van der Waals surface area contributed by atoms with Crippen LogP contribution in [0.25, 0.3) is 33.1 Å². The molecule has 4 rings (SSSR count). The van der Waals surface area contributed by atoms with E-state index in [1.165, 1.54) is 5.56 Å². The van der Waals surface area contributed by atoms with Gasteiger partial charge in [-0.25, -0.2) is 0 Å². The molecule has 0 amide bonds. The maximum atomic E-state index is 6.46. The third-order valence-electron chi connectivity index (χ3n) is 4.73. The van der Waals surface area contributed by atoms with Crippen molar-refractivity contribution in [2.24, 2.45) is 5.73 Å². The monoisotopic (exact) mass is 383 g/mol. The molecular formula is C21H19Cl2N3. The number of aromatic amines is 1. The predicted octanol–water partition coefficient (Wildman–Crippen LogP) is 5.97. The van der Waals surface area contributed by atoms with Crippen molar-refractivity contribution in [3.05, 3.63) is 64.3 Å². The fraction of sp³-hybridized carbons (Fsp3) is 0.190. The van der Waals surface area contributed by atoms with Gasteiger partial charge < -0.3 is 10.7 Å². The van der Waals surface area contributed by atoms with Crippen molar-refractivity contribution in [3.63, 3.8) is 0 Å². The number of halogens is 2. The standard InChI is InChI=1S/C21H19Cl2N3/c22-17-9-8-16-15(6-3-4-10-24)20(26-21(16)19(17)23)14-11-13-5-1-2-7-18(13)25-12-14/h1-2,5,7-9,11-12,26H,3-4,6,10,24H2. The molecule has 0 aliphatic heterocycles. The van der Waals surface area contributed by atoms with Gasteiger partial charge in [-0.2, -0.15) is 0 Å². The normalized spacial score (nSPS) is 11.5. The summed E-state index contributed by atoms with van der Waals surface area (Å²) in [5.74, 6) is 0. The zero-order valence-corrected chi connectivity index (χ0v) is 15.7. The highest BCUT2D eigenvalue weighted by molar-refractivity contribution is 6.45. The molecule has 5 heteroatoms. The zero-order valence-electron chi connectivity index (χ0n) is 14.2. The molecule has 0 saturated carbocycles. The van der Waals surface area contributed by atoms with Crippen molar-refractivity contribution in [1.82, 2.24) is 9.97 Å². The number of rotatable bonds is 5. The zero-order chi connectivity index (χ0) is 18.1. The summed E-state index contributed by atoms with van der Waals surface area (Å²) < 4.78 is 0. The number of nitrogens with zero attached hydrogens (tertiary/aromatic N) is 1. The van der Waals surface area contributed by atoms with Crippen LogP contribution in [0.1, 0.15) is 18.4 Å². The molecule has 132 valence electrons. The first-order valence-electron chi connectivity index (χ1n) is 8.73. The molecule has 26 heavy (non-hydrogen) atoms. The third kappa shape index (κ3) is 3.07. The number of fused-ring (bicyclic) bond motifs is 2. The Balaban J connectivity index is 1.91. The lowest BCUT2D eigenvalue weighted by Gasteiger charge is -2.06. The van der Waals surface area contributed by atoms with Crippen LogP contribution >= 0.6 is 23.2 Å². The Kier molecular flexibility index (Phi) is 4.86. The van der Waals surface area contributed by atoms with E-state index in [4.69, 9.17) is 28.9 Å². The summed E-state index contributed by atoms with van der Waals surface area (Å²) in [6, 6.07) is 14.2. The molecule has 4 aromatic rings. The van der Waals surface area contributed by atoms with Gasteiger partial charge in [0.25, 0.3) is 0 Å². The second kappa shape index (κ2) is 7.28. The molecule has 0 aliphatic rings. The molecular weight excluding hydrogens is 365 g/mol. The third-order valence-corrected chi connectivity index (χ3v) is 5.54. The quantitative estimate of drug-likeness (QED) is 0.417. The topological polar surface area (TPSA) is 54.7 Å². The van der Waals surface area contributed by atoms with E-state index in [-0.39, 0.29) is 0 Å². The summed E-state index contributed by atoms with van der Waals surface area (Å²) in [7, 11) is 0. The Bertz CT molecular complexity index is 1090. The van der Waals surface area contributed by atoms with E-state index in [0.717, 1.165) is 52.3 Å². The van der Waals surface area contributed by atoms with Gasteiger partial charge >= 0.3 is 0 Å². The number of hydrogen-bond acceptors (Lipinski definition) is 2. The van der Waals surface area contributed by atoms with E-state index < -0.39 is 0 Å². The molecule has 0 spiro atoms. The molecule has 0 atom stereocenters. The Morgan fingerprint density at radius 1 is 1.04 bits per heavy atom. The van der Waals surface area contributed by atoms with Gasteiger partial charge in [0.2, 0.25) is 0 Å². The van der Waals surface area contributed by atoms with E-state index in [0.29, 0.717) is 16.6 Å². The smallest absolute Gasteiger partial charge is 0.0833 e. The average molecular weight is 384 g/mol. The second-order valence-electron chi connectivity index (χ2n) is 6.42. The van der Waals surface area contributed by atoms with E-state index >= 15 is 0 Å². The number of pyridine rings is 1. The average Bonchev–Trinajstić information content (AvgIpc) is 3.04. The van der Waals surface area contributed by atoms with Gasteiger partial charge in [0, 0.05) is 22.5 Å². The van der Waals surface area contributed by atoms with Gasteiger partial charge in [-0.05, 0) is 49.6 Å². The number of aryl methyl sites for hydroxylation is 1. The van der Waals surface area contributed by atoms with Crippen LogP contribution in [0.5, 0.6) is 0 Å². The maximum Gasteiger partial charge on any atom is 0.0833 e. The maximum absolute atomic E-state index is 6.46. The van der Waals surface area contributed by atoms with Gasteiger partial charge in [0.15, 0.2) is 0 Å². The van der Waals surface area contributed by atoms with Crippen LogP contribution in [0.4, 0.5) is 0 Å². The molecule has 0 unspecified atom stereocenters. The fourth-order valence-corrected chi connectivity index (χ4v) is 3.79. The summed E-state index contributed by atoms with van der Waals surface area (Å²) in [6.45, 7) is 0.696. The second-order valence-corrected chi connectivity index (χ2v) is 7.21. The fourth-order valence-electron chi connectivity index (χ4n) is 3.42. The molecule has 0 fully saturated rings. The number of nitrogens with two attached hydrogens (primary N) is 1. The Morgan fingerprint density at radius 2 is 1.88 bits per heavy atom. The molecule has 2 aromatic heterocycles. The number of H-pyrrole nitrogens is 1. The van der Waals surface area contributed by atoms with Crippen LogP contribution < -0.4 is 5.73 Å². The highest BCUT2D eigenvalue weighted by Gasteiger charge is 2.17. The van der Waals surface area contributed by atoms with Crippen LogP contribution in [-0.2, 0) is 6.42 Å². The molecule has 0 bridgehead atoms. The minimum atomic E-state index is 0.553. The number of para-hydroxylation sites is 1. The number of unbranched alkanes of at least 4 members (excludes halogenated alkanes) is 1. The van der Waals surface area contributed by atoms with Gasteiger partial charge in [-0.15, -0.1) is 0 Å². The van der Waals surface area contributed by atoms with Crippen LogP contribution in [0.3, 0.4) is 0 Å². The van der Waals surface area contributed by atoms with Crippen LogP contribution in [0, 0.1) is 0 Å². The highest BCUT2D eigenvalue weighted by Crippen LogP contribution is 2.38. The number of nitrogens with one attached hydrogen (secondary N) is 1. The van der Waals surface area contributed by atoms with E-state index in [9.17, 15) is 0 Å². The first-order chi connectivity index (χ1) is 12.7. The van der Waals surface area contributed by atoms with Gasteiger partial charge in [0.1, 0.15) is 0 Å². The lowest BCUT2D eigenvalue weighted by molar-refractivity contribution is 0.748. The molecule has 3 N–H and O–H groups in total. The molecule has 0 saturated heterocycles. The molecule has 2 heterocycles. The van der Waals surface area contributed by atoms with Crippen LogP contribution in [0.15, 0.2) is 48.7 Å². The Hall–Kier alpha value is -2.07. The molecule has 0 radical (unpaired) electrons. The lowest BCUT2D eigenvalue weighted by atomic mass is 10.0. The van der Waals surface area contributed by atoms with E-state index in [2.05, 4.69) is 22.1 Å². The highest BCUT2D eigenvalue weighted by atomic mass is 35.5. The summed E-state index contributed by atoms with van der Waals surface area (Å²) in [6.07, 6.45) is 4.85. The largest absolute Gasteiger partial charge is 0.353 e. The Morgan fingerprint density at radius 3 is 2.73 bits per heavy atom. The van der Waals surface area contributed by atoms with Crippen LogP contribution in [-0.4, -0.2) is 16.5 Å². The first-order valence-corrected chi connectivity index (χ1v) is 9.48. The number of aromatic nitrogens is 2. The summed E-state index contributed by atoms with van der Waals surface area (Å²) in [5.41, 5.74) is 10.9. The summed E-state index contributed by atoms with van der Waals surface area (Å²) in [5, 5.41) is 3.33. The van der Waals surface area contributed by atoms with Gasteiger partial charge in [-0.1, -0.05) is 47.5 Å². The lowest BCUT2D eigenvalue weighted by Crippen LogP contribution is -1.99. The predicted molar refractivity (Wildman–Crippen MR) is 111 cm³/mol. The van der Waals surface area contributed by atoms with E-state index in [1.54, 1.807) is 0 Å². The van der Waals surface area contributed by atoms with Crippen molar-refractivity contribution in [1.29, 1.82) is 0 Å². The van der Waals surface area contributed by atoms with Gasteiger partial charge in [-0.3, -0.25) is 4.98 Å². The minimum Gasteiger partial charge on any atom is -0.353 e. The summed E-state index contributed by atoms with van der Waals surface area (Å²) >= 11 is 12.7. The minimum absolute atomic E-state index is 0.553. The van der Waals surface area contributed by atoms with Crippen molar-refractivity contribution >= 4 is 45.0 Å². The molecule has 0 aliphatic carbocycles. The van der Waals surface area contributed by atoms with Gasteiger partial charge in [0.05, 0.1) is 26.8 Å². The molecule has 2 aromatic carbocycles. The van der Waals surface area contributed by atoms with Crippen molar-refractivity contribution < 1.29 is 0 Å². The van der Waals surface area contributed by atoms with Crippen molar-refractivity contribution in [2.75, 3.05) is 6.54 Å². The van der Waals surface area contributed by atoms with E-state index in [1.807, 2.05) is 36.5 Å². The SMILES string of the molecule is NCCCCc1c(-c2cnc3ccccc3c2)[nH]c2c(Cl)c(Cl)ccc12. The first kappa shape index (κ1) is 17.3.